The molecule has 1 heterocycles. The van der Waals surface area contributed by atoms with E-state index in [1.54, 1.807) is 0 Å². The van der Waals surface area contributed by atoms with Gasteiger partial charge in [-0.05, 0) is 19.3 Å². The van der Waals surface area contributed by atoms with Crippen LogP contribution in [0.15, 0.2) is 6.20 Å². The van der Waals surface area contributed by atoms with Crippen molar-refractivity contribution in [3.63, 3.8) is 0 Å². The summed E-state index contributed by atoms with van der Waals surface area (Å²) >= 11 is 0. The van der Waals surface area contributed by atoms with Crippen LogP contribution in [0, 0.1) is 18.3 Å². The quantitative estimate of drug-likeness (QED) is 0.692. The summed E-state index contributed by atoms with van der Waals surface area (Å²) in [6.45, 7) is 6.13. The summed E-state index contributed by atoms with van der Waals surface area (Å²) in [5.41, 5.74) is 2.26. The van der Waals surface area contributed by atoms with Crippen LogP contribution in [0.1, 0.15) is 43.3 Å². The van der Waals surface area contributed by atoms with Gasteiger partial charge in [0.15, 0.2) is 5.69 Å². The van der Waals surface area contributed by atoms with Crippen molar-refractivity contribution < 1.29 is 0 Å². The molecule has 1 atom stereocenters. The van der Waals surface area contributed by atoms with E-state index in [2.05, 4.69) is 23.8 Å². The Morgan fingerprint density at radius 3 is 2.77 bits per heavy atom. The topological polar surface area (TPSA) is 49.6 Å². The molecule has 3 heteroatoms. The molecular weight excluding hydrogens is 162 g/mol. The molecule has 0 aromatic carbocycles. The summed E-state index contributed by atoms with van der Waals surface area (Å²) < 4.78 is 0. The van der Waals surface area contributed by atoms with Crippen LogP contribution >= 0.6 is 0 Å². The van der Waals surface area contributed by atoms with Crippen molar-refractivity contribution in [1.29, 1.82) is 5.26 Å². The Kier molecular flexibility index (Phi) is 2.97. The minimum Gasteiger partial charge on any atom is -0.256 e. The van der Waals surface area contributed by atoms with Crippen LogP contribution in [0.2, 0.25) is 0 Å². The van der Waals surface area contributed by atoms with E-state index in [0.717, 1.165) is 17.8 Å². The van der Waals surface area contributed by atoms with Gasteiger partial charge in [0.1, 0.15) is 6.07 Å². The molecule has 0 bridgehead atoms. The van der Waals surface area contributed by atoms with Crippen LogP contribution in [0.5, 0.6) is 0 Å². The molecule has 1 aromatic heterocycles. The number of aryl methyl sites for hydroxylation is 1. The van der Waals surface area contributed by atoms with Gasteiger partial charge in [0.25, 0.3) is 0 Å². The molecule has 1 unspecified atom stereocenters. The summed E-state index contributed by atoms with van der Waals surface area (Å²) in [7, 11) is 0. The SMILES string of the molecule is CCC(C)c1ncc(C#N)nc1C. The molecule has 0 saturated heterocycles. The van der Waals surface area contributed by atoms with Crippen LogP contribution in [0.25, 0.3) is 0 Å². The Labute approximate surface area is 78.5 Å². The molecule has 0 amide bonds. The lowest BCUT2D eigenvalue weighted by Gasteiger charge is -2.09. The fourth-order valence-corrected chi connectivity index (χ4v) is 1.22. The zero-order valence-corrected chi connectivity index (χ0v) is 8.20. The Bertz CT molecular complexity index is 339. The van der Waals surface area contributed by atoms with Crippen LogP contribution in [0.3, 0.4) is 0 Å². The molecule has 3 nitrogen and oxygen atoms in total. The highest BCUT2D eigenvalue weighted by Gasteiger charge is 2.09. The number of nitrogens with zero attached hydrogens (tertiary/aromatic N) is 3. The molecule has 0 N–H and O–H groups in total. The highest BCUT2D eigenvalue weighted by Crippen LogP contribution is 2.18. The molecular formula is C10H13N3. The minimum atomic E-state index is 0.393. The second-order valence-corrected chi connectivity index (χ2v) is 3.15. The highest BCUT2D eigenvalue weighted by atomic mass is 14.8. The van der Waals surface area contributed by atoms with E-state index in [9.17, 15) is 0 Å². The van der Waals surface area contributed by atoms with Gasteiger partial charge in [-0.2, -0.15) is 5.26 Å². The molecule has 0 aliphatic carbocycles. The third-order valence-electron chi connectivity index (χ3n) is 2.18. The molecule has 0 aliphatic rings. The highest BCUT2D eigenvalue weighted by molar-refractivity contribution is 5.22. The van der Waals surface area contributed by atoms with Gasteiger partial charge in [-0.1, -0.05) is 13.8 Å². The monoisotopic (exact) mass is 175 g/mol. The molecule has 13 heavy (non-hydrogen) atoms. The van der Waals surface area contributed by atoms with Crippen molar-refractivity contribution >= 4 is 0 Å². The Balaban J connectivity index is 3.07. The van der Waals surface area contributed by atoms with Crippen LogP contribution in [-0.4, -0.2) is 9.97 Å². The molecule has 0 fully saturated rings. The molecule has 1 rings (SSSR count). The zero-order chi connectivity index (χ0) is 9.84. The van der Waals surface area contributed by atoms with E-state index in [-0.39, 0.29) is 0 Å². The lowest BCUT2D eigenvalue weighted by molar-refractivity contribution is 0.693. The molecule has 0 spiro atoms. The third kappa shape index (κ3) is 2.03. The van der Waals surface area contributed by atoms with Gasteiger partial charge in [-0.15, -0.1) is 0 Å². The van der Waals surface area contributed by atoms with Crippen LogP contribution in [-0.2, 0) is 0 Å². The fourth-order valence-electron chi connectivity index (χ4n) is 1.22. The summed E-state index contributed by atoms with van der Waals surface area (Å²) in [5, 5.41) is 8.60. The van der Waals surface area contributed by atoms with Crippen molar-refractivity contribution in [3.8, 4) is 6.07 Å². The molecule has 0 aliphatic heterocycles. The summed E-state index contributed by atoms with van der Waals surface area (Å²) in [4.78, 5) is 8.37. The van der Waals surface area contributed by atoms with Crippen molar-refractivity contribution in [3.05, 3.63) is 23.3 Å². The normalized spacial score (nSPS) is 12.2. The first-order valence-corrected chi connectivity index (χ1v) is 4.42. The van der Waals surface area contributed by atoms with Gasteiger partial charge in [0, 0.05) is 0 Å². The maximum Gasteiger partial charge on any atom is 0.159 e. The minimum absolute atomic E-state index is 0.393. The maximum atomic E-state index is 8.60. The van der Waals surface area contributed by atoms with Crippen LogP contribution in [0.4, 0.5) is 0 Å². The van der Waals surface area contributed by atoms with Crippen molar-refractivity contribution in [2.24, 2.45) is 0 Å². The van der Waals surface area contributed by atoms with Crippen LogP contribution < -0.4 is 0 Å². The van der Waals surface area contributed by atoms with E-state index >= 15 is 0 Å². The van der Waals surface area contributed by atoms with Crippen molar-refractivity contribution in [2.45, 2.75) is 33.1 Å². The number of nitriles is 1. The predicted molar refractivity (Wildman–Crippen MR) is 50.2 cm³/mol. The van der Waals surface area contributed by atoms with Crippen molar-refractivity contribution in [1.82, 2.24) is 9.97 Å². The third-order valence-corrected chi connectivity index (χ3v) is 2.18. The Morgan fingerprint density at radius 1 is 1.62 bits per heavy atom. The van der Waals surface area contributed by atoms with Gasteiger partial charge in [0.2, 0.25) is 0 Å². The second kappa shape index (κ2) is 3.99. The molecule has 0 saturated carbocycles. The summed E-state index contributed by atoms with van der Waals surface area (Å²) in [6, 6.07) is 1.98. The number of rotatable bonds is 2. The second-order valence-electron chi connectivity index (χ2n) is 3.15. The van der Waals surface area contributed by atoms with E-state index in [0.29, 0.717) is 11.6 Å². The molecule has 68 valence electrons. The van der Waals surface area contributed by atoms with Crippen molar-refractivity contribution in [2.75, 3.05) is 0 Å². The van der Waals surface area contributed by atoms with E-state index in [1.807, 2.05) is 13.0 Å². The average molecular weight is 175 g/mol. The first-order chi connectivity index (χ1) is 6.19. The number of hydrogen-bond acceptors (Lipinski definition) is 3. The number of aromatic nitrogens is 2. The summed E-state index contributed by atoms with van der Waals surface area (Å²) in [5.74, 6) is 0.417. The van der Waals surface area contributed by atoms with E-state index in [4.69, 9.17) is 5.26 Å². The molecule has 1 aromatic rings. The fraction of sp³-hybridized carbons (Fsp3) is 0.500. The maximum absolute atomic E-state index is 8.60. The Morgan fingerprint density at radius 2 is 2.31 bits per heavy atom. The van der Waals surface area contributed by atoms with E-state index in [1.165, 1.54) is 6.20 Å². The standard InChI is InChI=1S/C10H13N3/c1-4-7(2)10-8(3)13-9(5-11)6-12-10/h6-7H,4H2,1-3H3. The number of hydrogen-bond donors (Lipinski definition) is 0. The van der Waals surface area contributed by atoms with Gasteiger partial charge < -0.3 is 0 Å². The first kappa shape index (κ1) is 9.66. The van der Waals surface area contributed by atoms with E-state index < -0.39 is 0 Å². The van der Waals surface area contributed by atoms with Gasteiger partial charge >= 0.3 is 0 Å². The molecule has 0 radical (unpaired) electrons. The van der Waals surface area contributed by atoms with Gasteiger partial charge in [-0.25, -0.2) is 4.98 Å². The van der Waals surface area contributed by atoms with Gasteiger partial charge in [-0.3, -0.25) is 4.98 Å². The summed E-state index contributed by atoms with van der Waals surface area (Å²) in [6.07, 6.45) is 2.58. The lowest BCUT2D eigenvalue weighted by atomic mass is 10.0. The Hall–Kier alpha value is -1.43. The lowest BCUT2D eigenvalue weighted by Crippen LogP contribution is -2.02. The largest absolute Gasteiger partial charge is 0.256 e. The smallest absolute Gasteiger partial charge is 0.159 e. The van der Waals surface area contributed by atoms with Gasteiger partial charge in [0.05, 0.1) is 17.6 Å². The zero-order valence-electron chi connectivity index (χ0n) is 8.20. The predicted octanol–water partition coefficient (Wildman–Crippen LogP) is 2.17. The first-order valence-electron chi connectivity index (χ1n) is 4.42. The average Bonchev–Trinajstić information content (AvgIpc) is 2.16.